The summed E-state index contributed by atoms with van der Waals surface area (Å²) in [6.45, 7) is 7.80. The summed E-state index contributed by atoms with van der Waals surface area (Å²) in [5.41, 5.74) is 3.69. The molecule has 1 aliphatic rings. The van der Waals surface area contributed by atoms with E-state index in [2.05, 4.69) is 43.3 Å². The maximum Gasteiger partial charge on any atom is 0.263 e. The number of amides is 1. The number of likely N-dealkylation sites (tertiary alicyclic amines) is 1. The third-order valence-corrected chi connectivity index (χ3v) is 5.54. The lowest BCUT2D eigenvalue weighted by molar-refractivity contribution is -0.140. The van der Waals surface area contributed by atoms with Crippen LogP contribution < -0.4 is 4.74 Å². The molecule has 1 saturated heterocycles. The van der Waals surface area contributed by atoms with Gasteiger partial charge in [-0.1, -0.05) is 55.0 Å². The number of aryl methyl sites for hydroxylation is 2. The highest BCUT2D eigenvalue weighted by Gasteiger charge is 2.29. The molecule has 0 unspecified atom stereocenters. The highest BCUT2D eigenvalue weighted by molar-refractivity contribution is 5.81. The zero-order valence-corrected chi connectivity index (χ0v) is 16.8. The first-order chi connectivity index (χ1) is 13.1. The molecule has 1 heterocycles. The Hall–Kier alpha value is -2.29. The Kier molecular flexibility index (Phi) is 6.54. The van der Waals surface area contributed by atoms with Crippen molar-refractivity contribution >= 4 is 5.91 Å². The molecular formula is C24H31NO2. The van der Waals surface area contributed by atoms with E-state index >= 15 is 0 Å². The Bertz CT molecular complexity index is 748. The van der Waals surface area contributed by atoms with Crippen LogP contribution in [0.3, 0.4) is 0 Å². The smallest absolute Gasteiger partial charge is 0.263 e. The van der Waals surface area contributed by atoms with Crippen LogP contribution in [0.1, 0.15) is 42.9 Å². The van der Waals surface area contributed by atoms with Gasteiger partial charge in [0, 0.05) is 13.1 Å². The van der Waals surface area contributed by atoms with Gasteiger partial charge < -0.3 is 9.64 Å². The van der Waals surface area contributed by atoms with Crippen LogP contribution in [0.5, 0.6) is 5.75 Å². The Balaban J connectivity index is 1.55. The molecule has 0 spiro atoms. The van der Waals surface area contributed by atoms with E-state index < -0.39 is 6.10 Å². The lowest BCUT2D eigenvalue weighted by Crippen LogP contribution is -2.46. The van der Waals surface area contributed by atoms with Gasteiger partial charge in [-0.2, -0.15) is 0 Å². The minimum absolute atomic E-state index is 0.135. The first-order valence-electron chi connectivity index (χ1n) is 10.1. The lowest BCUT2D eigenvalue weighted by atomic mass is 9.90. The second kappa shape index (κ2) is 9.07. The number of hydrogen-bond acceptors (Lipinski definition) is 2. The van der Waals surface area contributed by atoms with Crippen molar-refractivity contribution in [3.63, 3.8) is 0 Å². The highest BCUT2D eigenvalue weighted by atomic mass is 16.5. The van der Waals surface area contributed by atoms with Crippen molar-refractivity contribution in [1.29, 1.82) is 0 Å². The molecule has 3 rings (SSSR count). The van der Waals surface area contributed by atoms with Gasteiger partial charge in [0.15, 0.2) is 6.10 Å². The SMILES string of the molecule is CC[C@@H](Oc1ccc(C)cc1C)C(=O)N1CCC(Cc2ccccc2)CC1. The topological polar surface area (TPSA) is 29.5 Å². The number of ether oxygens (including phenoxy) is 1. The average molecular weight is 366 g/mol. The summed E-state index contributed by atoms with van der Waals surface area (Å²) in [5, 5.41) is 0. The standard InChI is InChI=1S/C24H31NO2/c1-4-22(27-23-11-10-18(2)16-19(23)3)24(26)25-14-12-21(13-15-25)17-20-8-6-5-7-9-20/h5-11,16,21-22H,4,12-15,17H2,1-3H3/t22-/m1/s1. The number of nitrogens with zero attached hydrogens (tertiary/aromatic N) is 1. The monoisotopic (exact) mass is 365 g/mol. The van der Waals surface area contributed by atoms with Gasteiger partial charge in [0.1, 0.15) is 5.75 Å². The number of piperidine rings is 1. The first-order valence-corrected chi connectivity index (χ1v) is 10.1. The van der Waals surface area contributed by atoms with Crippen LogP contribution >= 0.6 is 0 Å². The molecule has 0 bridgehead atoms. The molecule has 3 nitrogen and oxygen atoms in total. The van der Waals surface area contributed by atoms with Crippen LogP contribution in [0.25, 0.3) is 0 Å². The predicted octanol–water partition coefficient (Wildman–Crippen LogP) is 4.94. The molecule has 0 saturated carbocycles. The molecule has 1 atom stereocenters. The third-order valence-electron chi connectivity index (χ3n) is 5.54. The molecule has 0 N–H and O–H groups in total. The van der Waals surface area contributed by atoms with E-state index in [1.165, 1.54) is 11.1 Å². The summed E-state index contributed by atoms with van der Waals surface area (Å²) in [7, 11) is 0. The summed E-state index contributed by atoms with van der Waals surface area (Å²) in [5.74, 6) is 1.62. The van der Waals surface area contributed by atoms with Crippen molar-refractivity contribution in [2.24, 2.45) is 5.92 Å². The second-order valence-electron chi connectivity index (χ2n) is 7.74. The van der Waals surface area contributed by atoms with Gasteiger partial charge in [-0.25, -0.2) is 0 Å². The lowest BCUT2D eigenvalue weighted by Gasteiger charge is -2.34. The quantitative estimate of drug-likeness (QED) is 0.725. The normalized spacial score (nSPS) is 16.2. The third kappa shape index (κ3) is 5.12. The number of hydrogen-bond donors (Lipinski definition) is 0. The number of benzene rings is 2. The van der Waals surface area contributed by atoms with Crippen LogP contribution in [0.2, 0.25) is 0 Å². The van der Waals surface area contributed by atoms with Gasteiger partial charge in [-0.3, -0.25) is 4.79 Å². The fourth-order valence-corrected chi connectivity index (χ4v) is 3.90. The summed E-state index contributed by atoms with van der Waals surface area (Å²) in [4.78, 5) is 15.0. The van der Waals surface area contributed by atoms with E-state index in [9.17, 15) is 4.79 Å². The zero-order chi connectivity index (χ0) is 19.2. The molecule has 0 aromatic heterocycles. The second-order valence-corrected chi connectivity index (χ2v) is 7.74. The van der Waals surface area contributed by atoms with Crippen LogP contribution in [0.15, 0.2) is 48.5 Å². The van der Waals surface area contributed by atoms with E-state index in [1.54, 1.807) is 0 Å². The summed E-state index contributed by atoms with van der Waals surface area (Å²) in [6.07, 6.45) is 3.55. The van der Waals surface area contributed by atoms with Crippen LogP contribution in [-0.4, -0.2) is 30.0 Å². The molecule has 144 valence electrons. The van der Waals surface area contributed by atoms with Gasteiger partial charge in [-0.15, -0.1) is 0 Å². The maximum atomic E-state index is 13.0. The van der Waals surface area contributed by atoms with E-state index in [-0.39, 0.29) is 5.91 Å². The molecule has 0 radical (unpaired) electrons. The summed E-state index contributed by atoms with van der Waals surface area (Å²) < 4.78 is 6.10. The van der Waals surface area contributed by atoms with E-state index in [0.29, 0.717) is 12.3 Å². The van der Waals surface area contributed by atoms with Crippen LogP contribution in [0.4, 0.5) is 0 Å². The molecule has 2 aromatic rings. The minimum atomic E-state index is -0.392. The van der Waals surface area contributed by atoms with Gasteiger partial charge >= 0.3 is 0 Å². The average Bonchev–Trinajstić information content (AvgIpc) is 2.68. The molecule has 2 aromatic carbocycles. The van der Waals surface area contributed by atoms with Crippen molar-refractivity contribution in [3.8, 4) is 5.75 Å². The Morgan fingerprint density at radius 1 is 1.11 bits per heavy atom. The molecule has 0 aliphatic carbocycles. The van der Waals surface area contributed by atoms with E-state index in [1.807, 2.05) is 30.9 Å². The molecule has 3 heteroatoms. The first kappa shape index (κ1) is 19.5. The van der Waals surface area contributed by atoms with Crippen LogP contribution in [0, 0.1) is 19.8 Å². The fraction of sp³-hybridized carbons (Fsp3) is 0.458. The van der Waals surface area contributed by atoms with Crippen molar-refractivity contribution in [2.45, 2.75) is 52.6 Å². The highest BCUT2D eigenvalue weighted by Crippen LogP contribution is 2.25. The maximum absolute atomic E-state index is 13.0. The van der Waals surface area contributed by atoms with E-state index in [0.717, 1.165) is 43.7 Å². The van der Waals surface area contributed by atoms with E-state index in [4.69, 9.17) is 4.74 Å². The molecular weight excluding hydrogens is 334 g/mol. The van der Waals surface area contributed by atoms with Gasteiger partial charge in [0.05, 0.1) is 0 Å². The fourth-order valence-electron chi connectivity index (χ4n) is 3.90. The molecule has 1 amide bonds. The Labute approximate surface area is 163 Å². The van der Waals surface area contributed by atoms with Gasteiger partial charge in [0.25, 0.3) is 5.91 Å². The molecule has 1 fully saturated rings. The van der Waals surface area contributed by atoms with Crippen LogP contribution in [-0.2, 0) is 11.2 Å². The Morgan fingerprint density at radius 3 is 2.44 bits per heavy atom. The van der Waals surface area contributed by atoms with Crippen molar-refractivity contribution in [3.05, 3.63) is 65.2 Å². The van der Waals surface area contributed by atoms with Gasteiger partial charge in [-0.05, 0) is 62.6 Å². The summed E-state index contributed by atoms with van der Waals surface area (Å²) >= 11 is 0. The van der Waals surface area contributed by atoms with Gasteiger partial charge in [0.2, 0.25) is 0 Å². The largest absolute Gasteiger partial charge is 0.480 e. The number of rotatable bonds is 6. The summed E-state index contributed by atoms with van der Waals surface area (Å²) in [6, 6.07) is 16.8. The zero-order valence-electron chi connectivity index (χ0n) is 16.8. The molecule has 1 aliphatic heterocycles. The Morgan fingerprint density at radius 2 is 1.81 bits per heavy atom. The van der Waals surface area contributed by atoms with Crippen molar-refractivity contribution in [1.82, 2.24) is 4.90 Å². The predicted molar refractivity (Wildman–Crippen MR) is 110 cm³/mol. The van der Waals surface area contributed by atoms with Crippen molar-refractivity contribution < 1.29 is 9.53 Å². The van der Waals surface area contributed by atoms with Crippen molar-refractivity contribution in [2.75, 3.05) is 13.1 Å². The number of carbonyl (C=O) groups is 1. The minimum Gasteiger partial charge on any atom is -0.480 e. The number of carbonyl (C=O) groups excluding carboxylic acids is 1. The molecule has 27 heavy (non-hydrogen) atoms.